The van der Waals surface area contributed by atoms with Crippen LogP contribution in [0, 0.1) is 10.1 Å². The van der Waals surface area contributed by atoms with Crippen molar-refractivity contribution in [3.8, 4) is 5.69 Å². The minimum Gasteiger partial charge on any atom is -0.366 e. The number of carbonyl (C=O) groups is 1. The second kappa shape index (κ2) is 4.05. The summed E-state index contributed by atoms with van der Waals surface area (Å²) in [5, 5.41) is 10.6. The van der Waals surface area contributed by atoms with Crippen LogP contribution in [0.5, 0.6) is 0 Å². The Hall–Kier alpha value is -2.70. The second-order valence-electron chi connectivity index (χ2n) is 3.29. The van der Waals surface area contributed by atoms with Gasteiger partial charge in [-0.1, -0.05) is 0 Å². The highest BCUT2D eigenvalue weighted by molar-refractivity contribution is 5.97. The van der Waals surface area contributed by atoms with E-state index < -0.39 is 10.8 Å². The van der Waals surface area contributed by atoms with Crippen molar-refractivity contribution in [1.82, 2.24) is 9.55 Å². The molecule has 1 amide bonds. The molecule has 2 rings (SSSR count). The largest absolute Gasteiger partial charge is 0.366 e. The highest BCUT2D eigenvalue weighted by Gasteiger charge is 2.15. The van der Waals surface area contributed by atoms with Crippen molar-refractivity contribution >= 4 is 11.6 Å². The number of nitro benzene ring substituents is 1. The molecule has 0 fully saturated rings. The number of amides is 1. The molecule has 0 aliphatic heterocycles. The predicted octanol–water partition coefficient (Wildman–Crippen LogP) is 0.879. The van der Waals surface area contributed by atoms with E-state index in [9.17, 15) is 14.9 Å². The van der Waals surface area contributed by atoms with Crippen LogP contribution in [-0.4, -0.2) is 20.4 Å². The van der Waals surface area contributed by atoms with Gasteiger partial charge in [-0.15, -0.1) is 0 Å². The Morgan fingerprint density at radius 1 is 1.47 bits per heavy atom. The van der Waals surface area contributed by atoms with Crippen LogP contribution >= 0.6 is 0 Å². The fourth-order valence-electron chi connectivity index (χ4n) is 1.46. The zero-order chi connectivity index (χ0) is 12.4. The van der Waals surface area contributed by atoms with Gasteiger partial charge in [-0.3, -0.25) is 14.9 Å². The van der Waals surface area contributed by atoms with Crippen LogP contribution < -0.4 is 5.73 Å². The second-order valence-corrected chi connectivity index (χ2v) is 3.29. The number of hydrogen-bond donors (Lipinski definition) is 1. The van der Waals surface area contributed by atoms with Crippen LogP contribution in [0.1, 0.15) is 10.4 Å². The van der Waals surface area contributed by atoms with Crippen molar-refractivity contribution in [2.75, 3.05) is 0 Å². The van der Waals surface area contributed by atoms with E-state index in [2.05, 4.69) is 4.98 Å². The molecule has 1 heterocycles. The molecule has 7 nitrogen and oxygen atoms in total. The molecule has 1 aromatic carbocycles. The first-order chi connectivity index (χ1) is 8.09. The Bertz CT molecular complexity index is 577. The lowest BCUT2D eigenvalue weighted by molar-refractivity contribution is -0.384. The summed E-state index contributed by atoms with van der Waals surface area (Å²) in [5.74, 6) is -0.725. The van der Waals surface area contributed by atoms with Crippen LogP contribution in [0.25, 0.3) is 5.69 Å². The van der Waals surface area contributed by atoms with Gasteiger partial charge in [-0.05, 0) is 6.07 Å². The monoisotopic (exact) mass is 232 g/mol. The number of primary amides is 1. The van der Waals surface area contributed by atoms with Crippen LogP contribution in [-0.2, 0) is 0 Å². The highest BCUT2D eigenvalue weighted by atomic mass is 16.6. The Morgan fingerprint density at radius 3 is 2.76 bits per heavy atom. The molecule has 2 N–H and O–H groups in total. The average Bonchev–Trinajstić information content (AvgIpc) is 2.81. The fraction of sp³-hybridized carbons (Fsp3) is 0. The number of nitrogens with two attached hydrogens (primary N) is 1. The Kier molecular flexibility index (Phi) is 2.57. The molecule has 0 atom stereocenters. The minimum absolute atomic E-state index is 0.0807. The summed E-state index contributed by atoms with van der Waals surface area (Å²) in [4.78, 5) is 25.1. The standard InChI is InChI=1S/C10H8N4O3/c11-10(15)8-5-7(14(16)17)1-2-9(8)13-4-3-12-6-13/h1-6H,(H2,11,15). The van der Waals surface area contributed by atoms with E-state index in [1.807, 2.05) is 0 Å². The summed E-state index contributed by atoms with van der Waals surface area (Å²) in [7, 11) is 0. The van der Waals surface area contributed by atoms with E-state index in [0.29, 0.717) is 5.69 Å². The number of imidazole rings is 1. The molecule has 0 radical (unpaired) electrons. The van der Waals surface area contributed by atoms with Gasteiger partial charge in [0.25, 0.3) is 11.6 Å². The van der Waals surface area contributed by atoms with Crippen molar-refractivity contribution < 1.29 is 9.72 Å². The number of nitrogens with zero attached hydrogens (tertiary/aromatic N) is 3. The van der Waals surface area contributed by atoms with Gasteiger partial charge >= 0.3 is 0 Å². The van der Waals surface area contributed by atoms with E-state index in [4.69, 9.17) is 5.73 Å². The lowest BCUT2D eigenvalue weighted by Gasteiger charge is -2.06. The number of hydrogen-bond acceptors (Lipinski definition) is 4. The van der Waals surface area contributed by atoms with Gasteiger partial charge in [-0.25, -0.2) is 4.98 Å². The zero-order valence-electron chi connectivity index (χ0n) is 8.61. The molecule has 17 heavy (non-hydrogen) atoms. The summed E-state index contributed by atoms with van der Waals surface area (Å²) < 4.78 is 1.56. The Labute approximate surface area is 95.6 Å². The number of carbonyl (C=O) groups excluding carboxylic acids is 1. The van der Waals surface area contributed by atoms with Crippen molar-refractivity contribution in [2.45, 2.75) is 0 Å². The van der Waals surface area contributed by atoms with Crippen molar-refractivity contribution in [2.24, 2.45) is 5.73 Å². The average molecular weight is 232 g/mol. The normalized spacial score (nSPS) is 10.1. The molecule has 0 saturated heterocycles. The van der Waals surface area contributed by atoms with E-state index in [-0.39, 0.29) is 11.3 Å². The van der Waals surface area contributed by atoms with E-state index in [0.717, 1.165) is 6.07 Å². The molecule has 0 aliphatic carbocycles. The van der Waals surface area contributed by atoms with Gasteiger partial charge in [0.2, 0.25) is 0 Å². The van der Waals surface area contributed by atoms with Crippen LogP contribution in [0.2, 0.25) is 0 Å². The predicted molar refractivity (Wildman–Crippen MR) is 58.7 cm³/mol. The first kappa shape index (κ1) is 10.8. The molecule has 0 unspecified atom stereocenters. The molecule has 86 valence electrons. The minimum atomic E-state index is -0.725. The van der Waals surface area contributed by atoms with Crippen LogP contribution in [0.4, 0.5) is 5.69 Å². The molecule has 0 spiro atoms. The molecular weight excluding hydrogens is 224 g/mol. The van der Waals surface area contributed by atoms with E-state index in [1.165, 1.54) is 24.7 Å². The summed E-state index contributed by atoms with van der Waals surface area (Å²) in [6.45, 7) is 0. The summed E-state index contributed by atoms with van der Waals surface area (Å²) >= 11 is 0. The summed E-state index contributed by atoms with van der Waals surface area (Å²) in [6, 6.07) is 3.92. The number of rotatable bonds is 3. The first-order valence-electron chi connectivity index (χ1n) is 4.66. The molecule has 1 aromatic heterocycles. The highest BCUT2D eigenvalue weighted by Crippen LogP contribution is 2.20. The van der Waals surface area contributed by atoms with Crippen LogP contribution in [0.15, 0.2) is 36.9 Å². The van der Waals surface area contributed by atoms with E-state index in [1.54, 1.807) is 10.8 Å². The number of nitro groups is 1. The maximum atomic E-state index is 11.3. The van der Waals surface area contributed by atoms with Crippen molar-refractivity contribution in [3.05, 3.63) is 52.6 Å². The number of aromatic nitrogens is 2. The maximum absolute atomic E-state index is 11.3. The smallest absolute Gasteiger partial charge is 0.270 e. The van der Waals surface area contributed by atoms with Gasteiger partial charge < -0.3 is 10.3 Å². The van der Waals surface area contributed by atoms with Crippen molar-refractivity contribution in [3.63, 3.8) is 0 Å². The summed E-state index contributed by atoms with van der Waals surface area (Å²) in [5.41, 5.74) is 5.56. The zero-order valence-corrected chi connectivity index (χ0v) is 8.61. The van der Waals surface area contributed by atoms with Gasteiger partial charge in [0.1, 0.15) is 0 Å². The topological polar surface area (TPSA) is 104 Å². The third-order valence-corrected chi connectivity index (χ3v) is 2.24. The lowest BCUT2D eigenvalue weighted by Crippen LogP contribution is -2.14. The third kappa shape index (κ3) is 1.98. The Balaban J connectivity index is 2.61. The first-order valence-corrected chi connectivity index (χ1v) is 4.66. The maximum Gasteiger partial charge on any atom is 0.270 e. The SMILES string of the molecule is NC(=O)c1cc([N+](=O)[O-])ccc1-n1ccnc1. The number of benzene rings is 1. The van der Waals surface area contributed by atoms with Gasteiger partial charge in [0.05, 0.1) is 22.5 Å². The van der Waals surface area contributed by atoms with Crippen molar-refractivity contribution in [1.29, 1.82) is 0 Å². The van der Waals surface area contributed by atoms with Crippen LogP contribution in [0.3, 0.4) is 0 Å². The van der Waals surface area contributed by atoms with E-state index >= 15 is 0 Å². The van der Waals surface area contributed by atoms with Gasteiger partial charge in [0.15, 0.2) is 0 Å². The lowest BCUT2D eigenvalue weighted by atomic mass is 10.1. The molecule has 0 saturated carbocycles. The van der Waals surface area contributed by atoms with Gasteiger partial charge in [0, 0.05) is 24.5 Å². The van der Waals surface area contributed by atoms with Gasteiger partial charge in [-0.2, -0.15) is 0 Å². The summed E-state index contributed by atoms with van der Waals surface area (Å²) in [6.07, 6.45) is 4.63. The third-order valence-electron chi connectivity index (χ3n) is 2.24. The molecule has 2 aromatic rings. The molecular formula is C10H8N4O3. The molecule has 0 aliphatic rings. The Morgan fingerprint density at radius 2 is 2.24 bits per heavy atom. The quantitative estimate of drug-likeness (QED) is 0.626. The fourth-order valence-corrected chi connectivity index (χ4v) is 1.46. The molecule has 7 heteroatoms. The number of non-ortho nitro benzene ring substituents is 1. The molecule has 0 bridgehead atoms.